The first kappa shape index (κ1) is 14.6. The molecule has 1 saturated heterocycles. The number of hydrogen-bond acceptors (Lipinski definition) is 4. The summed E-state index contributed by atoms with van der Waals surface area (Å²) in [4.78, 5) is 16.6. The molecule has 0 atom stereocenters. The van der Waals surface area contributed by atoms with Crippen molar-refractivity contribution < 1.29 is 9.53 Å². The SMILES string of the molecule is C=CCN1CCCN(C(=O)c2cc(OC)n(C)n2)CC1. The summed E-state index contributed by atoms with van der Waals surface area (Å²) in [6.07, 6.45) is 2.88. The first-order valence-electron chi connectivity index (χ1n) is 6.86. The highest BCUT2D eigenvalue weighted by Gasteiger charge is 2.22. The van der Waals surface area contributed by atoms with Crippen LogP contribution in [0, 0.1) is 0 Å². The summed E-state index contributed by atoms with van der Waals surface area (Å²) in [6, 6.07) is 1.69. The fourth-order valence-electron chi connectivity index (χ4n) is 2.45. The van der Waals surface area contributed by atoms with Crippen molar-refractivity contribution in [2.75, 3.05) is 39.8 Å². The standard InChI is InChI=1S/C14H22N4O2/c1-4-6-17-7-5-8-18(10-9-17)14(19)12-11-13(20-3)16(2)15-12/h4,11H,1,5-10H2,2-3H3. The second kappa shape index (κ2) is 6.56. The molecule has 110 valence electrons. The average molecular weight is 278 g/mol. The molecular formula is C14H22N4O2. The third-order valence-corrected chi connectivity index (χ3v) is 3.53. The van der Waals surface area contributed by atoms with Crippen LogP contribution >= 0.6 is 0 Å². The highest BCUT2D eigenvalue weighted by Crippen LogP contribution is 2.14. The molecule has 6 heteroatoms. The molecule has 1 aromatic rings. The molecule has 1 aliphatic rings. The highest BCUT2D eigenvalue weighted by atomic mass is 16.5. The van der Waals surface area contributed by atoms with Crippen molar-refractivity contribution in [3.63, 3.8) is 0 Å². The van der Waals surface area contributed by atoms with Gasteiger partial charge in [-0.3, -0.25) is 9.69 Å². The fourth-order valence-corrected chi connectivity index (χ4v) is 2.45. The van der Waals surface area contributed by atoms with Gasteiger partial charge in [0.1, 0.15) is 0 Å². The van der Waals surface area contributed by atoms with E-state index >= 15 is 0 Å². The highest BCUT2D eigenvalue weighted by molar-refractivity contribution is 5.92. The van der Waals surface area contributed by atoms with Gasteiger partial charge in [0.15, 0.2) is 5.69 Å². The van der Waals surface area contributed by atoms with Crippen molar-refractivity contribution in [2.45, 2.75) is 6.42 Å². The quantitative estimate of drug-likeness (QED) is 0.763. The van der Waals surface area contributed by atoms with Crippen LogP contribution in [0.15, 0.2) is 18.7 Å². The zero-order valence-electron chi connectivity index (χ0n) is 12.2. The molecule has 20 heavy (non-hydrogen) atoms. The molecule has 1 aliphatic heterocycles. The summed E-state index contributed by atoms with van der Waals surface area (Å²) < 4.78 is 6.73. The topological polar surface area (TPSA) is 50.6 Å². The van der Waals surface area contributed by atoms with Crippen LogP contribution in [0.25, 0.3) is 0 Å². The van der Waals surface area contributed by atoms with Crippen molar-refractivity contribution in [1.82, 2.24) is 19.6 Å². The van der Waals surface area contributed by atoms with Crippen LogP contribution in [0.1, 0.15) is 16.9 Å². The van der Waals surface area contributed by atoms with Gasteiger partial charge < -0.3 is 9.64 Å². The Labute approximate surface area is 119 Å². The van der Waals surface area contributed by atoms with Crippen LogP contribution < -0.4 is 4.74 Å². The summed E-state index contributed by atoms with van der Waals surface area (Å²) in [6.45, 7) is 8.01. The van der Waals surface area contributed by atoms with E-state index in [1.165, 1.54) is 0 Å². The molecule has 0 aliphatic carbocycles. The van der Waals surface area contributed by atoms with E-state index in [9.17, 15) is 4.79 Å². The fraction of sp³-hybridized carbons (Fsp3) is 0.571. The largest absolute Gasteiger partial charge is 0.481 e. The first-order valence-corrected chi connectivity index (χ1v) is 6.86. The van der Waals surface area contributed by atoms with Gasteiger partial charge in [0.05, 0.1) is 7.11 Å². The Morgan fingerprint density at radius 2 is 2.25 bits per heavy atom. The van der Waals surface area contributed by atoms with E-state index in [2.05, 4.69) is 16.6 Å². The molecule has 0 N–H and O–H groups in total. The zero-order chi connectivity index (χ0) is 14.5. The Morgan fingerprint density at radius 3 is 2.90 bits per heavy atom. The number of carbonyl (C=O) groups is 1. The maximum atomic E-state index is 12.5. The number of methoxy groups -OCH3 is 1. The van der Waals surface area contributed by atoms with Gasteiger partial charge >= 0.3 is 0 Å². The van der Waals surface area contributed by atoms with Crippen LogP contribution in [0.4, 0.5) is 0 Å². The Kier molecular flexibility index (Phi) is 4.79. The third kappa shape index (κ3) is 3.19. The van der Waals surface area contributed by atoms with Gasteiger partial charge in [0.2, 0.25) is 5.88 Å². The van der Waals surface area contributed by atoms with E-state index in [4.69, 9.17) is 4.74 Å². The van der Waals surface area contributed by atoms with Crippen LogP contribution in [-0.2, 0) is 7.05 Å². The predicted molar refractivity (Wildman–Crippen MR) is 76.9 cm³/mol. The Bertz CT molecular complexity index is 484. The monoisotopic (exact) mass is 278 g/mol. The lowest BCUT2D eigenvalue weighted by molar-refractivity contribution is 0.0755. The molecule has 1 aromatic heterocycles. The molecule has 0 aromatic carbocycles. The van der Waals surface area contributed by atoms with Crippen LogP contribution in [0.2, 0.25) is 0 Å². The third-order valence-electron chi connectivity index (χ3n) is 3.53. The molecule has 0 saturated carbocycles. The second-order valence-corrected chi connectivity index (χ2v) is 4.93. The lowest BCUT2D eigenvalue weighted by Crippen LogP contribution is -2.35. The molecule has 0 unspecified atom stereocenters. The van der Waals surface area contributed by atoms with Crippen molar-refractivity contribution in [3.05, 3.63) is 24.4 Å². The lowest BCUT2D eigenvalue weighted by atomic mass is 10.3. The summed E-state index contributed by atoms with van der Waals surface area (Å²) in [7, 11) is 3.34. The first-order chi connectivity index (χ1) is 9.65. The summed E-state index contributed by atoms with van der Waals surface area (Å²) >= 11 is 0. The van der Waals surface area contributed by atoms with Gasteiger partial charge in [-0.2, -0.15) is 5.10 Å². The van der Waals surface area contributed by atoms with Crippen molar-refractivity contribution in [1.29, 1.82) is 0 Å². The van der Waals surface area contributed by atoms with Gasteiger partial charge in [0, 0.05) is 45.8 Å². The maximum Gasteiger partial charge on any atom is 0.274 e. The Hall–Kier alpha value is -1.82. The molecule has 1 fully saturated rings. The molecule has 0 spiro atoms. The van der Waals surface area contributed by atoms with Crippen molar-refractivity contribution in [3.8, 4) is 5.88 Å². The molecule has 6 nitrogen and oxygen atoms in total. The molecule has 1 amide bonds. The smallest absolute Gasteiger partial charge is 0.274 e. The number of nitrogens with zero attached hydrogens (tertiary/aromatic N) is 4. The van der Waals surface area contributed by atoms with Gasteiger partial charge in [-0.1, -0.05) is 6.08 Å². The van der Waals surface area contributed by atoms with Gasteiger partial charge in [0.25, 0.3) is 5.91 Å². The van der Waals surface area contributed by atoms with E-state index in [-0.39, 0.29) is 5.91 Å². The minimum atomic E-state index is -0.0237. The maximum absolute atomic E-state index is 12.5. The van der Waals surface area contributed by atoms with E-state index < -0.39 is 0 Å². The van der Waals surface area contributed by atoms with E-state index in [0.29, 0.717) is 11.6 Å². The van der Waals surface area contributed by atoms with Gasteiger partial charge in [-0.15, -0.1) is 6.58 Å². The molecule has 2 rings (SSSR count). The van der Waals surface area contributed by atoms with Gasteiger partial charge in [-0.05, 0) is 6.42 Å². The lowest BCUT2D eigenvalue weighted by Gasteiger charge is -2.20. The summed E-state index contributed by atoms with van der Waals surface area (Å²) in [5.41, 5.74) is 0.446. The zero-order valence-corrected chi connectivity index (χ0v) is 12.2. The Morgan fingerprint density at radius 1 is 1.45 bits per heavy atom. The number of aryl methyl sites for hydroxylation is 1. The Balaban J connectivity index is 2.03. The summed E-state index contributed by atoms with van der Waals surface area (Å²) in [5.74, 6) is 0.570. The number of ether oxygens (including phenoxy) is 1. The van der Waals surface area contributed by atoms with E-state index in [0.717, 1.165) is 39.1 Å². The number of amides is 1. The van der Waals surface area contributed by atoms with Crippen molar-refractivity contribution in [2.24, 2.45) is 7.05 Å². The molecule has 0 radical (unpaired) electrons. The normalized spacial score (nSPS) is 16.8. The van der Waals surface area contributed by atoms with E-state index in [1.807, 2.05) is 11.0 Å². The predicted octanol–water partition coefficient (Wildman–Crippen LogP) is 0.763. The second-order valence-electron chi connectivity index (χ2n) is 4.93. The molecule has 0 bridgehead atoms. The number of carbonyl (C=O) groups excluding carboxylic acids is 1. The van der Waals surface area contributed by atoms with Crippen LogP contribution in [-0.4, -0.2) is 65.3 Å². The van der Waals surface area contributed by atoms with Crippen LogP contribution in [0.5, 0.6) is 5.88 Å². The number of rotatable bonds is 4. The summed E-state index contributed by atoms with van der Waals surface area (Å²) in [5, 5.41) is 4.21. The number of aromatic nitrogens is 2. The molecule has 2 heterocycles. The number of hydrogen-bond donors (Lipinski definition) is 0. The van der Waals surface area contributed by atoms with E-state index in [1.54, 1.807) is 24.9 Å². The minimum Gasteiger partial charge on any atom is -0.481 e. The van der Waals surface area contributed by atoms with Gasteiger partial charge in [-0.25, -0.2) is 4.68 Å². The minimum absolute atomic E-state index is 0.0237. The molecular weight excluding hydrogens is 256 g/mol. The van der Waals surface area contributed by atoms with Crippen LogP contribution in [0.3, 0.4) is 0 Å². The van der Waals surface area contributed by atoms with Crippen molar-refractivity contribution >= 4 is 5.91 Å². The average Bonchev–Trinajstić information content (AvgIpc) is 2.67.